The molecule has 0 bridgehead atoms. The molecule has 3 rings (SSSR count). The van der Waals surface area contributed by atoms with Crippen LogP contribution in [0.5, 0.6) is 0 Å². The van der Waals surface area contributed by atoms with E-state index in [4.69, 9.17) is 0 Å². The van der Waals surface area contributed by atoms with Crippen LogP contribution >= 0.6 is 0 Å². The van der Waals surface area contributed by atoms with E-state index >= 15 is 0 Å². The summed E-state index contributed by atoms with van der Waals surface area (Å²) < 4.78 is 0. The first-order valence-corrected chi connectivity index (χ1v) is 12.8. The van der Waals surface area contributed by atoms with Gasteiger partial charge < -0.3 is 10.6 Å². The smallest absolute Gasteiger partial charge is 0.251 e. The van der Waals surface area contributed by atoms with Gasteiger partial charge in [-0.15, -0.1) is 0 Å². The maximum Gasteiger partial charge on any atom is 0.251 e. The van der Waals surface area contributed by atoms with E-state index in [9.17, 15) is 4.79 Å². The first kappa shape index (κ1) is 25.6. The van der Waals surface area contributed by atoms with Gasteiger partial charge in [-0.3, -0.25) is 4.79 Å². The Morgan fingerprint density at radius 3 is 2.59 bits per heavy atom. The highest BCUT2D eigenvalue weighted by molar-refractivity contribution is 5.94. The number of unbranched alkanes of at least 4 members (excludes halogenated alkanes) is 1. The van der Waals surface area contributed by atoms with E-state index in [1.54, 1.807) is 0 Å². The maximum atomic E-state index is 12.6. The van der Waals surface area contributed by atoms with Gasteiger partial charge in [0.05, 0.1) is 0 Å². The Hall–Kier alpha value is -3.07. The molecule has 0 saturated heterocycles. The monoisotopic (exact) mass is 456 g/mol. The Bertz CT molecular complexity index is 1040. The molecular weight excluding hydrogens is 416 g/mol. The first-order chi connectivity index (χ1) is 16.5. The molecule has 0 aliphatic heterocycles. The van der Waals surface area contributed by atoms with Crippen molar-refractivity contribution < 1.29 is 4.79 Å². The molecular formula is C31H40N2O. The number of allylic oxidation sites excluding steroid dienone is 4. The second kappa shape index (κ2) is 13.0. The minimum absolute atomic E-state index is 0.0319. The van der Waals surface area contributed by atoms with Crippen molar-refractivity contribution in [2.45, 2.75) is 78.3 Å². The van der Waals surface area contributed by atoms with Gasteiger partial charge in [0.2, 0.25) is 0 Å². The summed E-state index contributed by atoms with van der Waals surface area (Å²) in [5.74, 6) is 0.0319. The van der Waals surface area contributed by atoms with E-state index in [0.717, 1.165) is 54.5 Å². The Labute approximate surface area is 206 Å². The first-order valence-electron chi connectivity index (χ1n) is 12.8. The highest BCUT2D eigenvalue weighted by atomic mass is 16.1. The summed E-state index contributed by atoms with van der Waals surface area (Å²) in [5, 5.41) is 6.66. The van der Waals surface area contributed by atoms with Gasteiger partial charge in [0, 0.05) is 29.4 Å². The van der Waals surface area contributed by atoms with Gasteiger partial charge in [-0.2, -0.15) is 0 Å². The Kier molecular flexibility index (Phi) is 9.75. The zero-order chi connectivity index (χ0) is 24.3. The fourth-order valence-corrected chi connectivity index (χ4v) is 4.59. The van der Waals surface area contributed by atoms with Crippen LogP contribution in [0.25, 0.3) is 11.3 Å². The Balaban J connectivity index is 1.68. The molecule has 34 heavy (non-hydrogen) atoms. The lowest BCUT2D eigenvalue weighted by atomic mass is 9.95. The summed E-state index contributed by atoms with van der Waals surface area (Å²) in [4.78, 5) is 12.6. The van der Waals surface area contributed by atoms with Gasteiger partial charge in [0.15, 0.2) is 0 Å². The van der Waals surface area contributed by atoms with Gasteiger partial charge in [0.25, 0.3) is 5.91 Å². The minimum atomic E-state index is 0.0319. The second-order valence-corrected chi connectivity index (χ2v) is 9.16. The highest BCUT2D eigenvalue weighted by Gasteiger charge is 2.18. The Morgan fingerprint density at radius 1 is 1.09 bits per heavy atom. The molecule has 3 heteroatoms. The largest absolute Gasteiger partial charge is 0.381 e. The average molecular weight is 457 g/mol. The zero-order valence-corrected chi connectivity index (χ0v) is 21.1. The highest BCUT2D eigenvalue weighted by Crippen LogP contribution is 2.25. The van der Waals surface area contributed by atoms with Crippen LogP contribution < -0.4 is 10.6 Å². The number of amides is 1. The lowest BCUT2D eigenvalue weighted by Gasteiger charge is -2.16. The van der Waals surface area contributed by atoms with Crippen LogP contribution in [0.1, 0.15) is 91.9 Å². The molecule has 0 aromatic heterocycles. The minimum Gasteiger partial charge on any atom is -0.381 e. The molecule has 2 aromatic carbocycles. The van der Waals surface area contributed by atoms with E-state index in [-0.39, 0.29) is 5.91 Å². The van der Waals surface area contributed by atoms with Gasteiger partial charge >= 0.3 is 0 Å². The third-order valence-electron chi connectivity index (χ3n) is 6.53. The molecule has 0 spiro atoms. The van der Waals surface area contributed by atoms with E-state index in [0.29, 0.717) is 12.6 Å². The fraction of sp³-hybridized carbons (Fsp3) is 0.387. The number of aryl methyl sites for hydroxylation is 1. The molecule has 2 aromatic rings. The zero-order valence-electron chi connectivity index (χ0n) is 21.1. The molecule has 0 unspecified atom stereocenters. The van der Waals surface area contributed by atoms with Crippen LogP contribution in [0.15, 0.2) is 67.3 Å². The third-order valence-corrected chi connectivity index (χ3v) is 6.53. The fourth-order valence-electron chi connectivity index (χ4n) is 4.59. The maximum absolute atomic E-state index is 12.6. The topological polar surface area (TPSA) is 41.1 Å². The average Bonchev–Trinajstić information content (AvgIpc) is 3.38. The van der Waals surface area contributed by atoms with Crippen molar-refractivity contribution >= 4 is 17.2 Å². The molecule has 0 heterocycles. The standard InChI is InChI=1S/C31H40N2O/c1-5-8-14-26(12-6-2)27-18-19-30(25(7-3)21-27)23(4)32-22-24-13-11-15-28(20-24)31(34)33-29-16-9-10-17-29/h6,11-15,18-21,29,32H,4-5,7-10,16-17,22H2,1-3H3,(H,33,34)/b12-6-,26-14+. The van der Waals surface area contributed by atoms with E-state index < -0.39 is 0 Å². The molecule has 3 nitrogen and oxygen atoms in total. The number of carbonyl (C=O) groups excluding carboxylic acids is 1. The SMILES string of the molecule is C=C(NCc1cccc(C(=O)NC2CCCC2)c1)c1ccc(C(/C=C\C)=C/CCC)cc1CC. The summed E-state index contributed by atoms with van der Waals surface area (Å²) in [6.45, 7) is 11.4. The van der Waals surface area contributed by atoms with Crippen molar-refractivity contribution in [3.05, 3.63) is 95.1 Å². The lowest BCUT2D eigenvalue weighted by molar-refractivity contribution is 0.0937. The Morgan fingerprint density at radius 2 is 1.88 bits per heavy atom. The third kappa shape index (κ3) is 6.96. The lowest BCUT2D eigenvalue weighted by Crippen LogP contribution is -2.32. The molecule has 1 aliphatic rings. The van der Waals surface area contributed by atoms with Crippen LogP contribution in [-0.4, -0.2) is 11.9 Å². The summed E-state index contributed by atoms with van der Waals surface area (Å²) in [5.41, 5.74) is 7.67. The predicted octanol–water partition coefficient (Wildman–Crippen LogP) is 7.44. The number of hydrogen-bond acceptors (Lipinski definition) is 2. The second-order valence-electron chi connectivity index (χ2n) is 9.16. The van der Waals surface area contributed by atoms with Gasteiger partial charge in [-0.25, -0.2) is 0 Å². The van der Waals surface area contributed by atoms with Gasteiger partial charge in [0.1, 0.15) is 0 Å². The van der Waals surface area contributed by atoms with Crippen molar-refractivity contribution in [2.75, 3.05) is 0 Å². The van der Waals surface area contributed by atoms with Crippen LogP contribution in [-0.2, 0) is 13.0 Å². The molecule has 180 valence electrons. The number of carbonyl (C=O) groups is 1. The molecule has 1 saturated carbocycles. The van der Waals surface area contributed by atoms with Gasteiger partial charge in [-0.05, 0) is 67.0 Å². The number of hydrogen-bond donors (Lipinski definition) is 2. The van der Waals surface area contributed by atoms with Crippen LogP contribution in [0.3, 0.4) is 0 Å². The number of nitrogens with one attached hydrogen (secondary N) is 2. The molecule has 2 N–H and O–H groups in total. The van der Waals surface area contributed by atoms with Crippen molar-refractivity contribution in [2.24, 2.45) is 0 Å². The summed E-state index contributed by atoms with van der Waals surface area (Å²) in [7, 11) is 0. The summed E-state index contributed by atoms with van der Waals surface area (Å²) in [6, 6.07) is 14.9. The van der Waals surface area contributed by atoms with E-state index in [1.807, 2.05) is 18.2 Å². The van der Waals surface area contributed by atoms with Crippen molar-refractivity contribution in [1.82, 2.24) is 10.6 Å². The normalized spacial score (nSPS) is 14.5. The van der Waals surface area contributed by atoms with E-state index in [2.05, 4.69) is 80.5 Å². The van der Waals surface area contributed by atoms with Crippen LogP contribution in [0.2, 0.25) is 0 Å². The molecule has 1 amide bonds. The number of benzene rings is 2. The van der Waals surface area contributed by atoms with Crippen molar-refractivity contribution in [1.29, 1.82) is 0 Å². The molecule has 1 fully saturated rings. The van der Waals surface area contributed by atoms with E-state index in [1.165, 1.54) is 29.5 Å². The van der Waals surface area contributed by atoms with Crippen molar-refractivity contribution in [3.63, 3.8) is 0 Å². The summed E-state index contributed by atoms with van der Waals surface area (Å²) >= 11 is 0. The molecule has 0 radical (unpaired) electrons. The quantitative estimate of drug-likeness (QED) is 0.345. The van der Waals surface area contributed by atoms with Crippen LogP contribution in [0.4, 0.5) is 0 Å². The molecule has 0 atom stereocenters. The predicted molar refractivity (Wildman–Crippen MR) is 146 cm³/mol. The number of rotatable bonds is 11. The summed E-state index contributed by atoms with van der Waals surface area (Å²) in [6.07, 6.45) is 14.4. The van der Waals surface area contributed by atoms with Crippen LogP contribution in [0, 0.1) is 0 Å². The van der Waals surface area contributed by atoms with Gasteiger partial charge in [-0.1, -0.05) is 88.2 Å². The van der Waals surface area contributed by atoms with Crippen molar-refractivity contribution in [3.8, 4) is 0 Å². The molecule has 1 aliphatic carbocycles.